The van der Waals surface area contributed by atoms with Gasteiger partial charge in [0.25, 0.3) is 0 Å². The Kier molecular flexibility index (Phi) is 3.05. The van der Waals surface area contributed by atoms with Crippen LogP contribution in [-0.4, -0.2) is 37.9 Å². The average Bonchev–Trinajstić information content (AvgIpc) is 2.46. The van der Waals surface area contributed by atoms with Crippen LogP contribution in [0.25, 0.3) is 0 Å². The Morgan fingerprint density at radius 3 is 2.53 bits per heavy atom. The summed E-state index contributed by atoms with van der Waals surface area (Å²) in [6, 6.07) is -0.205. The van der Waals surface area contributed by atoms with Gasteiger partial charge in [-0.15, -0.1) is 0 Å². The van der Waals surface area contributed by atoms with Crippen LogP contribution in [0.1, 0.15) is 23.2 Å². The highest BCUT2D eigenvalue weighted by Gasteiger charge is 2.19. The van der Waals surface area contributed by atoms with E-state index in [1.54, 1.807) is 6.92 Å². The maximum atomic E-state index is 10.7. The number of carbonyl (C=O) groups is 2. The van der Waals surface area contributed by atoms with Gasteiger partial charge in [0.15, 0.2) is 0 Å². The predicted molar refractivity (Wildman–Crippen MR) is 50.0 cm³/mol. The first kappa shape index (κ1) is 11.2. The van der Waals surface area contributed by atoms with E-state index in [9.17, 15) is 9.59 Å². The second-order valence-corrected chi connectivity index (χ2v) is 3.19. The summed E-state index contributed by atoms with van der Waals surface area (Å²) in [5.74, 6) is -1.90. The van der Waals surface area contributed by atoms with Crippen molar-refractivity contribution in [3.8, 4) is 0 Å². The molecule has 0 aliphatic heterocycles. The molecule has 0 aromatic carbocycles. The average molecular weight is 213 g/mol. The van der Waals surface area contributed by atoms with Crippen LogP contribution < -0.4 is 5.73 Å². The number of hydrogen-bond donors (Lipinski definition) is 3. The number of aromatic nitrogens is 2. The Morgan fingerprint density at radius 1 is 1.60 bits per heavy atom. The summed E-state index contributed by atoms with van der Waals surface area (Å²) in [7, 11) is 0. The molecule has 1 aromatic heterocycles. The lowest BCUT2D eigenvalue weighted by atomic mass is 10.2. The molecule has 0 aliphatic carbocycles. The quantitative estimate of drug-likeness (QED) is 0.650. The Bertz CT molecular complexity index is 365. The van der Waals surface area contributed by atoms with Crippen LogP contribution in [0.3, 0.4) is 0 Å². The summed E-state index contributed by atoms with van der Waals surface area (Å²) in [5, 5.41) is 17.4. The molecular formula is C8H11N3O4. The first-order chi connectivity index (χ1) is 6.91. The van der Waals surface area contributed by atoms with Crippen molar-refractivity contribution >= 4 is 12.1 Å². The third-order valence-corrected chi connectivity index (χ3v) is 1.68. The standard InChI is InChI=1S/C8H11N3O4/c1-4(9)2-5-3-11(8(14)15)6(10-5)7(12)13/h3-4H,2,9H2,1H3,(H,12,13)(H,14,15)/t4-/m1/s1. The molecule has 1 heterocycles. The summed E-state index contributed by atoms with van der Waals surface area (Å²) in [6.45, 7) is 1.72. The van der Waals surface area contributed by atoms with Crippen LogP contribution >= 0.6 is 0 Å². The van der Waals surface area contributed by atoms with E-state index in [0.29, 0.717) is 16.7 Å². The van der Waals surface area contributed by atoms with Gasteiger partial charge >= 0.3 is 12.1 Å². The lowest BCUT2D eigenvalue weighted by molar-refractivity contribution is 0.0677. The molecule has 1 rings (SSSR count). The van der Waals surface area contributed by atoms with Crippen molar-refractivity contribution < 1.29 is 19.8 Å². The Balaban J connectivity index is 3.09. The number of imidazole rings is 1. The van der Waals surface area contributed by atoms with E-state index in [0.717, 1.165) is 6.20 Å². The van der Waals surface area contributed by atoms with Gasteiger partial charge in [-0.05, 0) is 6.92 Å². The number of nitrogens with zero attached hydrogens (tertiary/aromatic N) is 2. The van der Waals surface area contributed by atoms with Gasteiger partial charge in [0.1, 0.15) is 0 Å². The molecule has 7 nitrogen and oxygen atoms in total. The SMILES string of the molecule is C[C@@H](N)Cc1cn(C(=O)O)c(C(=O)O)n1. The van der Waals surface area contributed by atoms with Crippen molar-refractivity contribution in [3.63, 3.8) is 0 Å². The van der Waals surface area contributed by atoms with Crippen LogP contribution in [0, 0.1) is 0 Å². The maximum absolute atomic E-state index is 10.7. The smallest absolute Gasteiger partial charge is 0.417 e. The zero-order valence-corrected chi connectivity index (χ0v) is 8.04. The molecule has 0 bridgehead atoms. The fraction of sp³-hybridized carbons (Fsp3) is 0.375. The fourth-order valence-electron chi connectivity index (χ4n) is 1.15. The number of aromatic carboxylic acids is 1. The van der Waals surface area contributed by atoms with E-state index in [1.807, 2.05) is 0 Å². The lowest BCUT2D eigenvalue weighted by Gasteiger charge is -1.98. The highest BCUT2D eigenvalue weighted by Crippen LogP contribution is 2.05. The molecule has 0 spiro atoms. The van der Waals surface area contributed by atoms with Crippen LogP contribution in [0.5, 0.6) is 0 Å². The van der Waals surface area contributed by atoms with E-state index < -0.39 is 17.9 Å². The third kappa shape index (κ3) is 2.53. The number of carboxylic acid groups (broad SMARTS) is 2. The van der Waals surface area contributed by atoms with E-state index in [-0.39, 0.29) is 6.04 Å². The van der Waals surface area contributed by atoms with Gasteiger partial charge in [-0.1, -0.05) is 0 Å². The van der Waals surface area contributed by atoms with Crippen molar-refractivity contribution in [3.05, 3.63) is 17.7 Å². The van der Waals surface area contributed by atoms with Crippen LogP contribution in [0.15, 0.2) is 6.20 Å². The lowest BCUT2D eigenvalue weighted by Crippen LogP contribution is -2.18. The first-order valence-corrected chi connectivity index (χ1v) is 4.22. The molecule has 0 amide bonds. The summed E-state index contributed by atoms with van der Waals surface area (Å²) in [4.78, 5) is 25.0. The summed E-state index contributed by atoms with van der Waals surface area (Å²) < 4.78 is 0.569. The Labute approximate surface area is 85.1 Å². The van der Waals surface area contributed by atoms with E-state index in [4.69, 9.17) is 15.9 Å². The molecule has 0 aliphatic rings. The molecule has 0 unspecified atom stereocenters. The minimum atomic E-state index is -1.38. The molecule has 0 saturated heterocycles. The van der Waals surface area contributed by atoms with Gasteiger partial charge in [-0.2, -0.15) is 0 Å². The van der Waals surface area contributed by atoms with Gasteiger partial charge in [0.2, 0.25) is 5.82 Å². The van der Waals surface area contributed by atoms with E-state index in [2.05, 4.69) is 4.98 Å². The highest BCUT2D eigenvalue weighted by molar-refractivity contribution is 5.88. The molecule has 82 valence electrons. The topological polar surface area (TPSA) is 118 Å². The van der Waals surface area contributed by atoms with Crippen molar-refractivity contribution in [2.45, 2.75) is 19.4 Å². The van der Waals surface area contributed by atoms with Crippen molar-refractivity contribution in [1.29, 1.82) is 0 Å². The van der Waals surface area contributed by atoms with Crippen LogP contribution in [0.2, 0.25) is 0 Å². The third-order valence-electron chi connectivity index (χ3n) is 1.68. The minimum Gasteiger partial charge on any atom is -0.475 e. The van der Waals surface area contributed by atoms with Gasteiger partial charge in [-0.3, -0.25) is 0 Å². The van der Waals surface area contributed by atoms with E-state index in [1.165, 1.54) is 0 Å². The van der Waals surface area contributed by atoms with Crippen molar-refractivity contribution in [2.24, 2.45) is 5.73 Å². The fourth-order valence-corrected chi connectivity index (χ4v) is 1.15. The Hall–Kier alpha value is -1.89. The minimum absolute atomic E-state index is 0.205. The first-order valence-electron chi connectivity index (χ1n) is 4.22. The number of nitrogens with two attached hydrogens (primary N) is 1. The maximum Gasteiger partial charge on any atom is 0.417 e. The second-order valence-electron chi connectivity index (χ2n) is 3.19. The number of hydrogen-bond acceptors (Lipinski definition) is 4. The number of carboxylic acids is 1. The summed E-state index contributed by atoms with van der Waals surface area (Å²) in [5.41, 5.74) is 5.84. The van der Waals surface area contributed by atoms with Crippen molar-refractivity contribution in [1.82, 2.24) is 9.55 Å². The zero-order valence-electron chi connectivity index (χ0n) is 8.04. The van der Waals surface area contributed by atoms with Gasteiger partial charge in [0, 0.05) is 18.7 Å². The summed E-state index contributed by atoms with van der Waals surface area (Å²) >= 11 is 0. The van der Waals surface area contributed by atoms with E-state index >= 15 is 0 Å². The molecule has 0 radical (unpaired) electrons. The molecular weight excluding hydrogens is 202 g/mol. The second kappa shape index (κ2) is 4.09. The van der Waals surface area contributed by atoms with Crippen LogP contribution in [-0.2, 0) is 6.42 Å². The highest BCUT2D eigenvalue weighted by atomic mass is 16.4. The van der Waals surface area contributed by atoms with Crippen LogP contribution in [0.4, 0.5) is 4.79 Å². The molecule has 1 aromatic rings. The summed E-state index contributed by atoms with van der Waals surface area (Å²) in [6.07, 6.45) is 0.117. The molecule has 15 heavy (non-hydrogen) atoms. The van der Waals surface area contributed by atoms with Gasteiger partial charge in [0.05, 0.1) is 5.69 Å². The molecule has 7 heteroatoms. The number of rotatable bonds is 3. The molecule has 4 N–H and O–H groups in total. The van der Waals surface area contributed by atoms with Gasteiger partial charge in [-0.25, -0.2) is 19.1 Å². The molecule has 0 fully saturated rings. The molecule has 0 saturated carbocycles. The zero-order chi connectivity index (χ0) is 11.6. The van der Waals surface area contributed by atoms with Crippen molar-refractivity contribution in [2.75, 3.05) is 0 Å². The molecule has 1 atom stereocenters. The monoisotopic (exact) mass is 213 g/mol. The largest absolute Gasteiger partial charge is 0.475 e. The normalized spacial score (nSPS) is 12.4. The van der Waals surface area contributed by atoms with Gasteiger partial charge < -0.3 is 15.9 Å². The predicted octanol–water partition coefficient (Wildman–Crippen LogP) is -0.00290. The Morgan fingerprint density at radius 2 is 2.20 bits per heavy atom.